The zero-order valence-corrected chi connectivity index (χ0v) is 12.0. The molecule has 0 spiro atoms. The molecule has 21 heavy (non-hydrogen) atoms. The van der Waals surface area contributed by atoms with Gasteiger partial charge in [0.1, 0.15) is 6.54 Å². The number of nitriles is 1. The highest BCUT2D eigenvalue weighted by Crippen LogP contribution is 2.11. The Kier molecular flexibility index (Phi) is 4.61. The molecule has 0 N–H and O–H groups in total. The van der Waals surface area contributed by atoms with Crippen molar-refractivity contribution in [2.45, 2.75) is 13.5 Å². The van der Waals surface area contributed by atoms with Crippen LogP contribution in [0.3, 0.4) is 0 Å². The van der Waals surface area contributed by atoms with Crippen LogP contribution < -0.4 is 0 Å². The smallest absolute Gasteiger partial charge is 0.246 e. The fourth-order valence-corrected chi connectivity index (χ4v) is 1.81. The molecule has 0 aliphatic carbocycles. The van der Waals surface area contributed by atoms with E-state index < -0.39 is 0 Å². The molecule has 2 aromatic rings. The second kappa shape index (κ2) is 6.61. The van der Waals surface area contributed by atoms with E-state index in [1.165, 1.54) is 9.70 Å². The standard InChI is InChI=1S/C14H16N6O/c1-11(8-15)9-19(2)13(21)10-20-17-14(16-18-20)12-6-4-3-5-7-12/h3-7,11H,9-10H2,1-2H3/t11-/m0/s1. The van der Waals surface area contributed by atoms with Gasteiger partial charge in [-0.25, -0.2) is 0 Å². The van der Waals surface area contributed by atoms with Crippen LogP contribution in [-0.2, 0) is 11.3 Å². The lowest BCUT2D eigenvalue weighted by Crippen LogP contribution is -2.34. The highest BCUT2D eigenvalue weighted by Gasteiger charge is 2.14. The summed E-state index contributed by atoms with van der Waals surface area (Å²) < 4.78 is 0. The molecule has 108 valence electrons. The largest absolute Gasteiger partial charge is 0.343 e. The van der Waals surface area contributed by atoms with Crippen molar-refractivity contribution >= 4 is 5.91 Å². The van der Waals surface area contributed by atoms with Gasteiger partial charge in [-0.1, -0.05) is 30.3 Å². The first-order valence-corrected chi connectivity index (χ1v) is 6.57. The summed E-state index contributed by atoms with van der Waals surface area (Å²) in [6.07, 6.45) is 0. The number of rotatable bonds is 5. The first-order valence-electron chi connectivity index (χ1n) is 6.57. The Labute approximate surface area is 122 Å². The Bertz CT molecular complexity index is 645. The van der Waals surface area contributed by atoms with E-state index in [1.54, 1.807) is 14.0 Å². The number of amides is 1. The van der Waals surface area contributed by atoms with E-state index >= 15 is 0 Å². The number of carbonyl (C=O) groups is 1. The lowest BCUT2D eigenvalue weighted by atomic mass is 10.2. The van der Waals surface area contributed by atoms with Crippen molar-refractivity contribution in [1.82, 2.24) is 25.1 Å². The van der Waals surface area contributed by atoms with Crippen LogP contribution in [0.15, 0.2) is 30.3 Å². The van der Waals surface area contributed by atoms with Crippen LogP contribution in [0.2, 0.25) is 0 Å². The summed E-state index contributed by atoms with van der Waals surface area (Å²) in [7, 11) is 1.66. The average Bonchev–Trinajstić information content (AvgIpc) is 2.96. The maximum atomic E-state index is 12.0. The van der Waals surface area contributed by atoms with E-state index in [9.17, 15) is 4.79 Å². The van der Waals surface area contributed by atoms with Crippen LogP contribution in [0.5, 0.6) is 0 Å². The number of nitrogens with zero attached hydrogens (tertiary/aromatic N) is 6. The third-order valence-electron chi connectivity index (χ3n) is 2.96. The fraction of sp³-hybridized carbons (Fsp3) is 0.357. The molecule has 0 radical (unpaired) electrons. The van der Waals surface area contributed by atoms with Gasteiger partial charge in [0.2, 0.25) is 11.7 Å². The number of aromatic nitrogens is 4. The minimum Gasteiger partial charge on any atom is -0.343 e. The summed E-state index contributed by atoms with van der Waals surface area (Å²) in [5.41, 5.74) is 0.850. The van der Waals surface area contributed by atoms with Crippen LogP contribution in [0.1, 0.15) is 6.92 Å². The Morgan fingerprint density at radius 3 is 2.81 bits per heavy atom. The number of tetrazole rings is 1. The van der Waals surface area contributed by atoms with Gasteiger partial charge in [-0.2, -0.15) is 10.1 Å². The third-order valence-corrected chi connectivity index (χ3v) is 2.96. The quantitative estimate of drug-likeness (QED) is 0.816. The van der Waals surface area contributed by atoms with Crippen molar-refractivity contribution in [2.75, 3.05) is 13.6 Å². The molecule has 0 unspecified atom stereocenters. The van der Waals surface area contributed by atoms with Crippen LogP contribution in [0.25, 0.3) is 11.4 Å². The van der Waals surface area contributed by atoms with Crippen molar-refractivity contribution < 1.29 is 4.79 Å². The Hall–Kier alpha value is -2.75. The molecule has 0 saturated heterocycles. The first kappa shape index (κ1) is 14.7. The maximum absolute atomic E-state index is 12.0. The molecule has 1 heterocycles. The van der Waals surface area contributed by atoms with Crippen LogP contribution in [0.4, 0.5) is 0 Å². The number of carbonyl (C=O) groups excluding carboxylic acids is 1. The zero-order valence-electron chi connectivity index (χ0n) is 12.0. The highest BCUT2D eigenvalue weighted by atomic mass is 16.2. The maximum Gasteiger partial charge on any atom is 0.246 e. The third kappa shape index (κ3) is 3.86. The SMILES string of the molecule is C[C@@H](C#N)CN(C)C(=O)Cn1nnc(-c2ccccc2)n1. The fourth-order valence-electron chi connectivity index (χ4n) is 1.81. The average molecular weight is 284 g/mol. The van der Waals surface area contributed by atoms with E-state index in [0.717, 1.165) is 5.56 Å². The summed E-state index contributed by atoms with van der Waals surface area (Å²) in [5.74, 6) is 0.119. The van der Waals surface area contributed by atoms with Gasteiger partial charge in [0.05, 0.1) is 12.0 Å². The number of hydrogen-bond acceptors (Lipinski definition) is 5. The first-order chi connectivity index (χ1) is 10.1. The summed E-state index contributed by atoms with van der Waals surface area (Å²) in [6.45, 7) is 2.16. The second-order valence-electron chi connectivity index (χ2n) is 4.81. The molecule has 0 fully saturated rings. The monoisotopic (exact) mass is 284 g/mol. The van der Waals surface area contributed by atoms with E-state index in [0.29, 0.717) is 12.4 Å². The van der Waals surface area contributed by atoms with Crippen molar-refractivity contribution in [1.29, 1.82) is 5.26 Å². The van der Waals surface area contributed by atoms with Crippen molar-refractivity contribution in [2.24, 2.45) is 5.92 Å². The van der Waals surface area contributed by atoms with Gasteiger partial charge in [0, 0.05) is 19.2 Å². The zero-order chi connectivity index (χ0) is 15.2. The van der Waals surface area contributed by atoms with Gasteiger partial charge in [0.25, 0.3) is 0 Å². The number of benzene rings is 1. The number of likely N-dealkylation sites (N-methyl/N-ethyl adjacent to an activating group) is 1. The summed E-state index contributed by atoms with van der Waals surface area (Å²) in [5, 5.41) is 20.8. The molecule has 1 aromatic carbocycles. The molecule has 0 bridgehead atoms. The van der Waals surface area contributed by atoms with Gasteiger partial charge in [-0.05, 0) is 12.1 Å². The van der Waals surface area contributed by atoms with Crippen molar-refractivity contribution in [3.8, 4) is 17.5 Å². The second-order valence-corrected chi connectivity index (χ2v) is 4.81. The van der Waals surface area contributed by atoms with Crippen molar-refractivity contribution in [3.63, 3.8) is 0 Å². The van der Waals surface area contributed by atoms with E-state index in [2.05, 4.69) is 21.5 Å². The molecular weight excluding hydrogens is 268 g/mol. The van der Waals surface area contributed by atoms with Crippen LogP contribution >= 0.6 is 0 Å². The lowest BCUT2D eigenvalue weighted by Gasteiger charge is -2.17. The lowest BCUT2D eigenvalue weighted by molar-refractivity contribution is -0.131. The molecule has 7 nitrogen and oxygen atoms in total. The summed E-state index contributed by atoms with van der Waals surface area (Å²) in [6, 6.07) is 11.5. The summed E-state index contributed by atoms with van der Waals surface area (Å²) >= 11 is 0. The summed E-state index contributed by atoms with van der Waals surface area (Å²) in [4.78, 5) is 14.8. The molecule has 1 aromatic heterocycles. The molecule has 2 rings (SSSR count). The predicted molar refractivity (Wildman–Crippen MR) is 75.7 cm³/mol. The predicted octanol–water partition coefficient (Wildman–Crippen LogP) is 0.958. The van der Waals surface area contributed by atoms with Gasteiger partial charge in [-0.3, -0.25) is 4.79 Å². The minimum atomic E-state index is -0.206. The highest BCUT2D eigenvalue weighted by molar-refractivity contribution is 5.75. The minimum absolute atomic E-state index is 0.00841. The van der Waals surface area contributed by atoms with Crippen LogP contribution in [-0.4, -0.2) is 44.6 Å². The van der Waals surface area contributed by atoms with E-state index in [-0.39, 0.29) is 18.4 Å². The number of hydrogen-bond donors (Lipinski definition) is 0. The molecule has 0 aliphatic heterocycles. The van der Waals surface area contributed by atoms with Crippen molar-refractivity contribution in [3.05, 3.63) is 30.3 Å². The molecule has 1 amide bonds. The molecule has 0 saturated carbocycles. The van der Waals surface area contributed by atoms with Gasteiger partial charge in [0.15, 0.2) is 0 Å². The van der Waals surface area contributed by atoms with E-state index in [4.69, 9.17) is 5.26 Å². The Morgan fingerprint density at radius 2 is 2.14 bits per heavy atom. The Balaban J connectivity index is 2.00. The molecular formula is C14H16N6O. The van der Waals surface area contributed by atoms with Gasteiger partial charge >= 0.3 is 0 Å². The van der Waals surface area contributed by atoms with Gasteiger partial charge < -0.3 is 4.90 Å². The topological polar surface area (TPSA) is 87.7 Å². The van der Waals surface area contributed by atoms with E-state index in [1.807, 2.05) is 30.3 Å². The van der Waals surface area contributed by atoms with Gasteiger partial charge in [-0.15, -0.1) is 10.2 Å². The molecule has 7 heteroatoms. The normalized spacial score (nSPS) is 11.7. The Morgan fingerprint density at radius 1 is 1.43 bits per heavy atom. The molecule has 1 atom stereocenters. The van der Waals surface area contributed by atoms with Crippen LogP contribution in [0, 0.1) is 17.2 Å². The molecule has 0 aliphatic rings.